The summed E-state index contributed by atoms with van der Waals surface area (Å²) in [4.78, 5) is 4.55. The molecule has 0 amide bonds. The van der Waals surface area contributed by atoms with Gasteiger partial charge in [0.05, 0.1) is 5.69 Å². The van der Waals surface area contributed by atoms with Gasteiger partial charge in [0, 0.05) is 34.9 Å². The Hall–Kier alpha value is -1.13. The number of thiazole rings is 1. The highest BCUT2D eigenvalue weighted by molar-refractivity contribution is 7.09. The molecule has 17 heavy (non-hydrogen) atoms. The van der Waals surface area contributed by atoms with E-state index in [1.165, 1.54) is 17.0 Å². The zero-order valence-corrected chi connectivity index (χ0v) is 11.6. The number of aryl methyl sites for hydroxylation is 1. The van der Waals surface area contributed by atoms with E-state index in [9.17, 15) is 0 Å². The van der Waals surface area contributed by atoms with Gasteiger partial charge in [0.1, 0.15) is 5.01 Å². The third-order valence-corrected chi connectivity index (χ3v) is 3.87. The second kappa shape index (κ2) is 4.63. The van der Waals surface area contributed by atoms with Gasteiger partial charge in [-0.2, -0.15) is 0 Å². The Kier molecular flexibility index (Phi) is 3.35. The van der Waals surface area contributed by atoms with Crippen LogP contribution >= 0.6 is 11.3 Å². The van der Waals surface area contributed by atoms with Gasteiger partial charge in [0.2, 0.25) is 0 Å². The maximum Gasteiger partial charge on any atom is 0.107 e. The molecule has 0 bridgehead atoms. The largest absolute Gasteiger partial charge is 0.346 e. The molecule has 0 aliphatic carbocycles. The molecule has 4 heteroatoms. The molecule has 2 heterocycles. The van der Waals surface area contributed by atoms with Crippen molar-refractivity contribution in [2.75, 3.05) is 0 Å². The molecular weight excluding hydrogens is 230 g/mol. The minimum Gasteiger partial charge on any atom is -0.346 e. The van der Waals surface area contributed by atoms with Crippen LogP contribution in [0.3, 0.4) is 0 Å². The lowest BCUT2D eigenvalue weighted by atomic mass is 10.2. The van der Waals surface area contributed by atoms with Crippen LogP contribution in [-0.2, 0) is 6.54 Å². The van der Waals surface area contributed by atoms with Crippen LogP contribution in [0.5, 0.6) is 0 Å². The Morgan fingerprint density at radius 1 is 1.41 bits per heavy atom. The van der Waals surface area contributed by atoms with Crippen LogP contribution in [0.1, 0.15) is 36.3 Å². The van der Waals surface area contributed by atoms with Crippen molar-refractivity contribution in [1.29, 1.82) is 0 Å². The zero-order chi connectivity index (χ0) is 12.6. The van der Waals surface area contributed by atoms with E-state index in [4.69, 9.17) is 5.73 Å². The first-order valence-electron chi connectivity index (χ1n) is 5.87. The van der Waals surface area contributed by atoms with E-state index in [2.05, 4.69) is 48.7 Å². The summed E-state index contributed by atoms with van der Waals surface area (Å²) in [6.45, 7) is 9.23. The van der Waals surface area contributed by atoms with E-state index in [0.29, 0.717) is 12.6 Å². The van der Waals surface area contributed by atoms with Crippen LogP contribution in [0.2, 0.25) is 0 Å². The first kappa shape index (κ1) is 12.3. The highest BCUT2D eigenvalue weighted by atomic mass is 32.1. The van der Waals surface area contributed by atoms with Gasteiger partial charge in [-0.25, -0.2) is 4.98 Å². The number of nitrogens with zero attached hydrogens (tertiary/aromatic N) is 2. The summed E-state index contributed by atoms with van der Waals surface area (Å²) in [5, 5.41) is 3.09. The lowest BCUT2D eigenvalue weighted by molar-refractivity contribution is 0.575. The minimum absolute atomic E-state index is 0.483. The van der Waals surface area contributed by atoms with Crippen molar-refractivity contribution < 1.29 is 0 Å². The molecule has 2 N–H and O–H groups in total. The molecule has 92 valence electrons. The third kappa shape index (κ3) is 2.15. The Morgan fingerprint density at radius 2 is 2.12 bits per heavy atom. The molecular formula is C13H19N3S. The van der Waals surface area contributed by atoms with Crippen molar-refractivity contribution >= 4 is 11.3 Å². The first-order valence-corrected chi connectivity index (χ1v) is 6.75. The molecule has 0 aliphatic rings. The average Bonchev–Trinajstić information content (AvgIpc) is 2.82. The predicted molar refractivity (Wildman–Crippen MR) is 73.3 cm³/mol. The van der Waals surface area contributed by atoms with Crippen LogP contribution < -0.4 is 5.73 Å². The normalized spacial score (nSPS) is 11.4. The average molecular weight is 249 g/mol. The van der Waals surface area contributed by atoms with Crippen molar-refractivity contribution in [3.8, 4) is 11.3 Å². The quantitative estimate of drug-likeness (QED) is 0.907. The van der Waals surface area contributed by atoms with Crippen molar-refractivity contribution in [3.63, 3.8) is 0 Å². The number of nitrogens with two attached hydrogens (primary N) is 1. The fraction of sp³-hybridized carbons (Fsp3) is 0.462. The summed E-state index contributed by atoms with van der Waals surface area (Å²) in [7, 11) is 0. The van der Waals surface area contributed by atoms with Crippen molar-refractivity contribution in [2.45, 2.75) is 40.3 Å². The fourth-order valence-electron chi connectivity index (χ4n) is 2.36. The SMILES string of the molecule is Cc1cc(-c2csc(CN)n2)c(C)n1C(C)C. The molecule has 0 spiro atoms. The van der Waals surface area contributed by atoms with E-state index in [-0.39, 0.29) is 0 Å². The molecule has 2 rings (SSSR count). The molecule has 0 saturated heterocycles. The molecule has 2 aromatic heterocycles. The molecule has 2 aromatic rings. The topological polar surface area (TPSA) is 43.8 Å². The summed E-state index contributed by atoms with van der Waals surface area (Å²) in [6.07, 6.45) is 0. The smallest absolute Gasteiger partial charge is 0.107 e. The van der Waals surface area contributed by atoms with Crippen LogP contribution in [0.15, 0.2) is 11.4 Å². The molecule has 0 saturated carbocycles. The second-order valence-corrected chi connectivity index (χ2v) is 5.52. The zero-order valence-electron chi connectivity index (χ0n) is 10.8. The molecule has 0 aliphatic heterocycles. The molecule has 0 atom stereocenters. The molecule has 0 fully saturated rings. The Labute approximate surface area is 106 Å². The Morgan fingerprint density at radius 3 is 2.59 bits per heavy atom. The fourth-order valence-corrected chi connectivity index (χ4v) is 3.03. The van der Waals surface area contributed by atoms with Crippen molar-refractivity contribution in [3.05, 3.63) is 27.8 Å². The lowest BCUT2D eigenvalue weighted by Gasteiger charge is -2.13. The standard InChI is InChI=1S/C13H19N3S/c1-8(2)16-9(3)5-11(10(16)4)12-7-17-13(6-14)15-12/h5,7-8H,6,14H2,1-4H3. The van der Waals surface area contributed by atoms with Gasteiger partial charge in [-0.15, -0.1) is 11.3 Å². The summed E-state index contributed by atoms with van der Waals surface area (Å²) in [6, 6.07) is 2.70. The molecule has 0 aromatic carbocycles. The van der Waals surface area contributed by atoms with Gasteiger partial charge in [-0.1, -0.05) is 0 Å². The summed E-state index contributed by atoms with van der Waals surface area (Å²) in [5.41, 5.74) is 10.5. The van der Waals surface area contributed by atoms with Gasteiger partial charge in [0.15, 0.2) is 0 Å². The minimum atomic E-state index is 0.483. The summed E-state index contributed by atoms with van der Waals surface area (Å²) >= 11 is 1.63. The van der Waals surface area contributed by atoms with Gasteiger partial charge in [-0.05, 0) is 33.8 Å². The van der Waals surface area contributed by atoms with Crippen LogP contribution in [-0.4, -0.2) is 9.55 Å². The highest BCUT2D eigenvalue weighted by Crippen LogP contribution is 2.29. The maximum atomic E-state index is 5.61. The monoisotopic (exact) mass is 249 g/mol. The van der Waals surface area contributed by atoms with E-state index in [0.717, 1.165) is 10.7 Å². The van der Waals surface area contributed by atoms with E-state index in [1.54, 1.807) is 11.3 Å². The van der Waals surface area contributed by atoms with Crippen LogP contribution in [0.4, 0.5) is 0 Å². The first-order chi connectivity index (χ1) is 8.04. The van der Waals surface area contributed by atoms with Crippen LogP contribution in [0, 0.1) is 13.8 Å². The van der Waals surface area contributed by atoms with E-state index < -0.39 is 0 Å². The second-order valence-electron chi connectivity index (χ2n) is 4.58. The third-order valence-electron chi connectivity index (χ3n) is 3.00. The van der Waals surface area contributed by atoms with Gasteiger partial charge < -0.3 is 10.3 Å². The van der Waals surface area contributed by atoms with E-state index in [1.807, 2.05) is 0 Å². The predicted octanol–water partition coefficient (Wildman–Crippen LogP) is 3.27. The van der Waals surface area contributed by atoms with Crippen molar-refractivity contribution in [1.82, 2.24) is 9.55 Å². The van der Waals surface area contributed by atoms with Gasteiger partial charge in [0.25, 0.3) is 0 Å². The highest BCUT2D eigenvalue weighted by Gasteiger charge is 2.14. The Balaban J connectivity index is 2.49. The number of hydrogen-bond donors (Lipinski definition) is 1. The number of aromatic nitrogens is 2. The van der Waals surface area contributed by atoms with Gasteiger partial charge >= 0.3 is 0 Å². The Bertz CT molecular complexity index is 523. The lowest BCUT2D eigenvalue weighted by Crippen LogP contribution is -2.04. The van der Waals surface area contributed by atoms with E-state index >= 15 is 0 Å². The number of rotatable bonds is 3. The van der Waals surface area contributed by atoms with Crippen LogP contribution in [0.25, 0.3) is 11.3 Å². The summed E-state index contributed by atoms with van der Waals surface area (Å²) in [5.74, 6) is 0. The van der Waals surface area contributed by atoms with Crippen molar-refractivity contribution in [2.24, 2.45) is 5.73 Å². The summed E-state index contributed by atoms with van der Waals surface area (Å²) < 4.78 is 2.34. The maximum absolute atomic E-state index is 5.61. The number of hydrogen-bond acceptors (Lipinski definition) is 3. The molecule has 3 nitrogen and oxygen atoms in total. The molecule has 0 radical (unpaired) electrons. The van der Waals surface area contributed by atoms with Gasteiger partial charge in [-0.3, -0.25) is 0 Å². The molecule has 0 unspecified atom stereocenters.